The van der Waals surface area contributed by atoms with Crippen LogP contribution >= 0.6 is 34.8 Å². The molecule has 11 heteroatoms. The largest absolute Gasteiger partial charge is 0.711 e. The minimum atomic E-state index is -2.10. The Labute approximate surface area is 231 Å². The van der Waals surface area contributed by atoms with Gasteiger partial charge in [-0.25, -0.2) is 0 Å². The van der Waals surface area contributed by atoms with Gasteiger partial charge in [-0.15, -0.1) is 34.8 Å². The first kappa shape index (κ1) is 28.7. The van der Waals surface area contributed by atoms with E-state index in [2.05, 4.69) is 5.11 Å². The molecular formula is C26H32Cl3N2O6-. The van der Waals surface area contributed by atoms with E-state index in [0.717, 1.165) is 0 Å². The monoisotopic (exact) mass is 573 g/mol. The highest BCUT2D eigenvalue weighted by Crippen LogP contribution is 2.61. The van der Waals surface area contributed by atoms with Gasteiger partial charge in [-0.2, -0.15) is 0 Å². The molecule has 8 nitrogen and oxygen atoms in total. The lowest BCUT2D eigenvalue weighted by Gasteiger charge is -2.61. The molecule has 0 aromatic rings. The number of hydrogen-bond acceptors (Lipinski definition) is 7. The average molecular weight is 575 g/mol. The summed E-state index contributed by atoms with van der Waals surface area (Å²) < 4.78 is 6.47. The Morgan fingerprint density at radius 3 is 2.24 bits per heavy atom. The van der Waals surface area contributed by atoms with Gasteiger partial charge in [0.15, 0.2) is 23.0 Å². The molecule has 1 saturated heterocycles. The Morgan fingerprint density at radius 1 is 1.08 bits per heavy atom. The predicted octanol–water partition coefficient (Wildman–Crippen LogP) is 4.95. The van der Waals surface area contributed by atoms with Crippen LogP contribution in [0.1, 0.15) is 67.2 Å². The van der Waals surface area contributed by atoms with Crippen molar-refractivity contribution in [2.24, 2.45) is 16.4 Å². The van der Waals surface area contributed by atoms with Crippen LogP contribution in [0.25, 0.3) is 5.53 Å². The lowest BCUT2D eigenvalue weighted by molar-refractivity contribution is -0.215. The van der Waals surface area contributed by atoms with E-state index < -0.39 is 78.7 Å². The zero-order valence-corrected chi connectivity index (χ0v) is 24.0. The maximum absolute atomic E-state index is 14.6. The highest BCUT2D eigenvalue weighted by molar-refractivity contribution is 6.46. The van der Waals surface area contributed by atoms with E-state index in [-0.39, 0.29) is 23.8 Å². The van der Waals surface area contributed by atoms with Crippen LogP contribution in [-0.2, 0) is 19.1 Å². The number of aliphatic hydroxyl groups is 2. The number of alkyl halides is 3. The Bertz CT molecular complexity index is 1170. The number of allylic oxidation sites excluding steroid dienone is 1. The Balaban J connectivity index is 2.03. The minimum absolute atomic E-state index is 0.189. The number of halogens is 3. The van der Waals surface area contributed by atoms with Gasteiger partial charge in [-0.1, -0.05) is 13.8 Å². The highest BCUT2D eigenvalue weighted by Gasteiger charge is 2.73. The summed E-state index contributed by atoms with van der Waals surface area (Å²) in [6.45, 7) is 10.0. The molecular weight excluding hydrogens is 543 g/mol. The predicted molar refractivity (Wildman–Crippen MR) is 139 cm³/mol. The third-order valence-corrected chi connectivity index (χ3v) is 11.3. The third-order valence-electron chi connectivity index (χ3n) is 9.21. The molecule has 0 amide bonds. The molecule has 7 unspecified atom stereocenters. The molecule has 2 N–H and O–H groups in total. The molecule has 0 radical (unpaired) electrons. The fraction of sp³-hybridized carbons (Fsp3) is 0.731. The second kappa shape index (κ2) is 8.59. The maximum atomic E-state index is 14.6. The van der Waals surface area contributed by atoms with Crippen LogP contribution in [-0.4, -0.2) is 66.0 Å². The van der Waals surface area contributed by atoms with Crippen LogP contribution in [0.3, 0.4) is 0 Å². The van der Waals surface area contributed by atoms with E-state index in [1.807, 2.05) is 13.8 Å². The molecule has 4 rings (SSSR count). The van der Waals surface area contributed by atoms with E-state index in [9.17, 15) is 30.1 Å². The van der Waals surface area contributed by atoms with Crippen molar-refractivity contribution in [1.82, 2.24) is 0 Å². The van der Waals surface area contributed by atoms with Crippen molar-refractivity contribution in [3.8, 4) is 0 Å². The first-order valence-corrected chi connectivity index (χ1v) is 13.6. The van der Waals surface area contributed by atoms with Gasteiger partial charge in [-0.05, 0) is 64.7 Å². The lowest BCUT2D eigenvalue weighted by Crippen LogP contribution is -2.75. The van der Waals surface area contributed by atoms with Crippen LogP contribution in [0.4, 0.5) is 0 Å². The summed E-state index contributed by atoms with van der Waals surface area (Å²) in [5, 5.41) is 24.3. The number of carbonyl (C=O) groups is 3. The zero-order valence-electron chi connectivity index (χ0n) is 21.7. The summed E-state index contributed by atoms with van der Waals surface area (Å²) in [6.07, 6.45) is 0.469. The second-order valence-corrected chi connectivity index (χ2v) is 13.9. The van der Waals surface area contributed by atoms with Crippen molar-refractivity contribution in [1.29, 1.82) is 0 Å². The second-order valence-electron chi connectivity index (χ2n) is 12.2. The van der Waals surface area contributed by atoms with Gasteiger partial charge >= 0.3 is 0 Å². The van der Waals surface area contributed by atoms with Gasteiger partial charge in [0.1, 0.15) is 16.7 Å². The first-order chi connectivity index (χ1) is 16.8. The van der Waals surface area contributed by atoms with Crippen molar-refractivity contribution >= 4 is 52.2 Å². The van der Waals surface area contributed by atoms with Crippen molar-refractivity contribution < 1.29 is 29.3 Å². The molecule has 0 aromatic carbocycles. The summed E-state index contributed by atoms with van der Waals surface area (Å²) in [5.74, 6) is -3.89. The molecule has 1 saturated carbocycles. The minimum Gasteiger partial charge on any atom is -0.711 e. The van der Waals surface area contributed by atoms with Gasteiger partial charge in [0, 0.05) is 16.5 Å². The lowest BCUT2D eigenvalue weighted by atomic mass is 9.53. The quantitative estimate of drug-likeness (QED) is 0.362. The molecule has 204 valence electrons. The highest BCUT2D eigenvalue weighted by atomic mass is 35.5. The van der Waals surface area contributed by atoms with Crippen LogP contribution < -0.4 is 0 Å². The molecule has 0 aromatic heterocycles. The number of carbonyl (C=O) groups excluding carboxylic acids is 3. The van der Waals surface area contributed by atoms with Crippen LogP contribution in [0.2, 0.25) is 0 Å². The number of rotatable bonds is 3. The van der Waals surface area contributed by atoms with Gasteiger partial charge in [0.25, 0.3) is 0 Å². The van der Waals surface area contributed by atoms with Crippen molar-refractivity contribution in [2.75, 3.05) is 0 Å². The van der Waals surface area contributed by atoms with Crippen molar-refractivity contribution in [2.45, 2.75) is 106 Å². The summed E-state index contributed by atoms with van der Waals surface area (Å²) in [7, 11) is 0. The number of ether oxygens (including phenoxy) is 1. The fourth-order valence-electron chi connectivity index (χ4n) is 6.70. The molecule has 4 aliphatic rings. The SMILES string of the molecule is CC1=C(O)C2=C(C(=O)C3(CC4C(C)(O)CCC(Cl)C4(C)C)OC(C)(C)C(Cl)CC3(Cl)C2=O)C(N=[N-])C1=O. The number of fused-ring (bicyclic) bond motifs is 1. The van der Waals surface area contributed by atoms with E-state index in [4.69, 9.17) is 39.5 Å². The Morgan fingerprint density at radius 2 is 1.68 bits per heavy atom. The molecule has 3 aliphatic carbocycles. The summed E-state index contributed by atoms with van der Waals surface area (Å²) in [6, 6.07) is -1.73. The zero-order chi connectivity index (χ0) is 28.1. The standard InChI is InChI=1S/C26H32Cl3N2O6/c1-11-18(32)16-15(17(31-30)19(11)33)21(35)26(9-12-22(2,3)13(27)7-8-24(12,6)36)25(29,20(16)34)10-14(28)23(4,5)37-26/h12-14,17,32,36H,7-10H2,1-6H3/q-1. The van der Waals surface area contributed by atoms with E-state index in [1.165, 1.54) is 6.92 Å². The van der Waals surface area contributed by atoms with E-state index >= 15 is 0 Å². The van der Waals surface area contributed by atoms with Gasteiger partial charge < -0.3 is 25.6 Å². The smallest absolute Gasteiger partial charge is 0.196 e. The van der Waals surface area contributed by atoms with Crippen molar-refractivity contribution in [3.63, 3.8) is 0 Å². The first-order valence-electron chi connectivity index (χ1n) is 12.3. The molecule has 0 bridgehead atoms. The Kier molecular flexibility index (Phi) is 6.66. The van der Waals surface area contributed by atoms with Gasteiger partial charge in [0.05, 0.1) is 22.2 Å². The number of aliphatic hydroxyl groups excluding tert-OH is 1. The Hall–Kier alpha value is -1.32. The number of Topliss-reactive ketones (excluding diaryl/α,β-unsaturated/α-hetero) is 3. The van der Waals surface area contributed by atoms with E-state index in [0.29, 0.717) is 12.8 Å². The number of nitrogens with zero attached hydrogens (tertiary/aromatic N) is 2. The van der Waals surface area contributed by atoms with Crippen LogP contribution in [0.5, 0.6) is 0 Å². The topological polar surface area (TPSA) is 136 Å². The number of ketones is 3. The van der Waals surface area contributed by atoms with Gasteiger partial charge in [-0.3, -0.25) is 14.4 Å². The van der Waals surface area contributed by atoms with Gasteiger partial charge in [0.2, 0.25) is 0 Å². The summed E-state index contributed by atoms with van der Waals surface area (Å²) in [4.78, 5) is 39.6. The molecule has 37 heavy (non-hydrogen) atoms. The summed E-state index contributed by atoms with van der Waals surface area (Å²) in [5.41, 5.74) is 3.32. The summed E-state index contributed by atoms with van der Waals surface area (Å²) >= 11 is 20.5. The van der Waals surface area contributed by atoms with Crippen molar-refractivity contribution in [3.05, 3.63) is 28.0 Å². The van der Waals surface area contributed by atoms with Crippen LogP contribution in [0, 0.1) is 11.3 Å². The third kappa shape index (κ3) is 3.73. The molecule has 2 fully saturated rings. The number of hydrogen-bond donors (Lipinski definition) is 2. The van der Waals surface area contributed by atoms with E-state index in [1.54, 1.807) is 20.8 Å². The molecule has 0 spiro atoms. The molecule has 7 atom stereocenters. The van der Waals surface area contributed by atoms with Crippen LogP contribution in [0.15, 0.2) is 27.6 Å². The maximum Gasteiger partial charge on any atom is 0.196 e. The molecule has 1 aliphatic heterocycles. The normalized spacial score (nSPS) is 43.5. The average Bonchev–Trinajstić information content (AvgIpc) is 2.79. The molecule has 1 heterocycles. The fourth-order valence-corrected chi connectivity index (χ4v) is 7.77.